The van der Waals surface area contributed by atoms with Gasteiger partial charge in [0, 0.05) is 24.8 Å². The largest absolute Gasteiger partial charge is 0.493 e. The van der Waals surface area contributed by atoms with Gasteiger partial charge in [-0.05, 0) is 66.4 Å². The molecule has 0 radical (unpaired) electrons. The van der Waals surface area contributed by atoms with E-state index in [1.54, 1.807) is 6.07 Å². The highest BCUT2D eigenvalue weighted by atomic mass is 32.2. The molecule has 0 saturated heterocycles. The third-order valence-electron chi connectivity index (χ3n) is 6.26. The summed E-state index contributed by atoms with van der Waals surface area (Å²) < 4.78 is 38.4. The van der Waals surface area contributed by atoms with E-state index in [1.165, 1.54) is 11.8 Å². The van der Waals surface area contributed by atoms with E-state index in [9.17, 15) is 8.42 Å². The van der Waals surface area contributed by atoms with Crippen molar-refractivity contribution in [3.05, 3.63) is 114 Å². The third-order valence-corrected chi connectivity index (χ3v) is 6.85. The second-order valence-corrected chi connectivity index (χ2v) is 11.3. The topological polar surface area (TPSA) is 67.9 Å². The first kappa shape index (κ1) is 28.0. The number of unbranched alkanes of at least 4 members (excludes halogenated alkanes) is 1. The van der Waals surface area contributed by atoms with Crippen LogP contribution in [-0.4, -0.2) is 21.3 Å². The Labute approximate surface area is 232 Å². The number of hydrogen-bond donors (Lipinski definition) is 1. The molecule has 0 atom stereocenters. The Morgan fingerprint density at radius 2 is 1.44 bits per heavy atom. The number of benzene rings is 4. The molecule has 39 heavy (non-hydrogen) atoms. The zero-order chi connectivity index (χ0) is 27.7. The summed E-state index contributed by atoms with van der Waals surface area (Å²) in [4.78, 5) is 2.26. The molecule has 7 heteroatoms. The van der Waals surface area contributed by atoms with Crippen LogP contribution in [0.15, 0.2) is 97.1 Å². The summed E-state index contributed by atoms with van der Waals surface area (Å²) >= 11 is 0. The van der Waals surface area contributed by atoms with E-state index in [0.717, 1.165) is 46.9 Å². The molecule has 4 rings (SSSR count). The molecule has 4 aromatic rings. The molecule has 0 aliphatic carbocycles. The van der Waals surface area contributed by atoms with Crippen molar-refractivity contribution in [1.82, 2.24) is 0 Å². The molecule has 1 N–H and O–H groups in total. The molecule has 0 saturated carbocycles. The molecule has 4 aromatic carbocycles. The molecule has 0 bridgehead atoms. The van der Waals surface area contributed by atoms with Gasteiger partial charge in [0.05, 0.1) is 18.6 Å². The van der Waals surface area contributed by atoms with Crippen LogP contribution in [0.1, 0.15) is 36.5 Å². The summed E-state index contributed by atoms with van der Waals surface area (Å²) in [5, 5.41) is 0. The summed E-state index contributed by atoms with van der Waals surface area (Å²) in [6.45, 7) is 6.09. The van der Waals surface area contributed by atoms with Crippen molar-refractivity contribution < 1.29 is 17.9 Å². The van der Waals surface area contributed by atoms with Crippen molar-refractivity contribution in [2.24, 2.45) is 0 Å². The van der Waals surface area contributed by atoms with Gasteiger partial charge in [-0.2, -0.15) is 0 Å². The zero-order valence-corrected chi connectivity index (χ0v) is 23.6. The van der Waals surface area contributed by atoms with Gasteiger partial charge in [-0.3, -0.25) is 4.72 Å². The highest BCUT2D eigenvalue weighted by Crippen LogP contribution is 2.31. The van der Waals surface area contributed by atoms with E-state index in [0.29, 0.717) is 25.4 Å². The van der Waals surface area contributed by atoms with E-state index < -0.39 is 10.0 Å². The van der Waals surface area contributed by atoms with Gasteiger partial charge in [0.15, 0.2) is 0 Å². The van der Waals surface area contributed by atoms with Gasteiger partial charge in [-0.1, -0.05) is 67.9 Å². The maximum Gasteiger partial charge on any atom is 0.229 e. The molecule has 0 spiro atoms. The van der Waals surface area contributed by atoms with E-state index in [1.807, 2.05) is 73.7 Å². The first-order chi connectivity index (χ1) is 18.8. The van der Waals surface area contributed by atoms with Crippen molar-refractivity contribution in [2.45, 2.75) is 39.8 Å². The Morgan fingerprint density at radius 1 is 0.769 bits per heavy atom. The molecule has 0 fully saturated rings. The SMILES string of the molecule is CCCCOc1cccc(Oc2ccc(CN(Cc3ccccc3)c3cccc(NS(C)(=O)=O)c3C)cc2)c1. The Hall–Kier alpha value is -3.97. The molecule has 6 nitrogen and oxygen atoms in total. The predicted octanol–water partition coefficient (Wildman–Crippen LogP) is 7.54. The summed E-state index contributed by atoms with van der Waals surface area (Å²) in [5.74, 6) is 2.28. The van der Waals surface area contributed by atoms with Gasteiger partial charge in [-0.25, -0.2) is 8.42 Å². The molecular formula is C32H36N2O4S. The molecule has 0 unspecified atom stereocenters. The molecule has 0 aliphatic heterocycles. The van der Waals surface area contributed by atoms with Crippen molar-refractivity contribution in [3.8, 4) is 17.2 Å². The van der Waals surface area contributed by atoms with Gasteiger partial charge in [0.2, 0.25) is 10.0 Å². The number of sulfonamides is 1. The molecular weight excluding hydrogens is 508 g/mol. The lowest BCUT2D eigenvalue weighted by molar-refractivity contribution is 0.308. The van der Waals surface area contributed by atoms with Gasteiger partial charge < -0.3 is 14.4 Å². The fraction of sp³-hybridized carbons (Fsp3) is 0.250. The Bertz CT molecular complexity index is 1460. The summed E-state index contributed by atoms with van der Waals surface area (Å²) in [6, 6.07) is 31.7. The highest BCUT2D eigenvalue weighted by molar-refractivity contribution is 7.92. The Balaban J connectivity index is 1.53. The first-order valence-corrected chi connectivity index (χ1v) is 15.1. The molecule has 0 aromatic heterocycles. The van der Waals surface area contributed by atoms with Gasteiger partial charge in [-0.15, -0.1) is 0 Å². The van der Waals surface area contributed by atoms with Crippen LogP contribution >= 0.6 is 0 Å². The lowest BCUT2D eigenvalue weighted by Crippen LogP contribution is -2.23. The van der Waals surface area contributed by atoms with E-state index in [4.69, 9.17) is 9.47 Å². The fourth-order valence-corrected chi connectivity index (χ4v) is 4.91. The van der Waals surface area contributed by atoms with Crippen molar-refractivity contribution >= 4 is 21.4 Å². The number of hydrogen-bond acceptors (Lipinski definition) is 5. The van der Waals surface area contributed by atoms with Crippen LogP contribution in [0.4, 0.5) is 11.4 Å². The average Bonchev–Trinajstić information content (AvgIpc) is 2.91. The smallest absolute Gasteiger partial charge is 0.229 e. The van der Waals surface area contributed by atoms with Crippen LogP contribution in [0.25, 0.3) is 0 Å². The summed E-state index contributed by atoms with van der Waals surface area (Å²) in [7, 11) is -3.39. The molecule has 0 heterocycles. The maximum absolute atomic E-state index is 11.9. The minimum absolute atomic E-state index is 0.581. The van der Waals surface area contributed by atoms with Crippen molar-refractivity contribution in [3.63, 3.8) is 0 Å². The Kier molecular flexibility index (Phi) is 9.49. The van der Waals surface area contributed by atoms with Crippen molar-refractivity contribution in [1.29, 1.82) is 0 Å². The van der Waals surface area contributed by atoms with Gasteiger partial charge in [0.1, 0.15) is 17.2 Å². The quantitative estimate of drug-likeness (QED) is 0.176. The van der Waals surface area contributed by atoms with Crippen LogP contribution < -0.4 is 19.1 Å². The van der Waals surface area contributed by atoms with Crippen LogP contribution in [0, 0.1) is 6.92 Å². The minimum Gasteiger partial charge on any atom is -0.493 e. The van der Waals surface area contributed by atoms with E-state index in [-0.39, 0.29) is 0 Å². The van der Waals surface area contributed by atoms with Gasteiger partial charge in [0.25, 0.3) is 0 Å². The number of nitrogens with zero attached hydrogens (tertiary/aromatic N) is 1. The van der Waals surface area contributed by atoms with E-state index >= 15 is 0 Å². The summed E-state index contributed by atoms with van der Waals surface area (Å²) in [5.41, 5.74) is 4.69. The lowest BCUT2D eigenvalue weighted by atomic mass is 10.1. The minimum atomic E-state index is -3.39. The van der Waals surface area contributed by atoms with Crippen LogP contribution in [0.5, 0.6) is 17.2 Å². The molecule has 0 aliphatic rings. The molecule has 204 valence electrons. The van der Waals surface area contributed by atoms with E-state index in [2.05, 4.69) is 40.8 Å². The zero-order valence-electron chi connectivity index (χ0n) is 22.8. The number of ether oxygens (including phenoxy) is 2. The number of anilines is 2. The second kappa shape index (κ2) is 13.2. The standard InChI is InChI=1S/C32H36N2O4S/c1-4-5-21-37-29-13-9-14-30(22-29)38-28-19-17-27(18-20-28)24-34(23-26-11-7-6-8-12-26)32-16-10-15-31(25(32)2)33-39(3,35)36/h6-20,22,33H,4-5,21,23-24H2,1-3H3. The second-order valence-electron chi connectivity index (χ2n) is 9.59. The Morgan fingerprint density at radius 3 is 2.13 bits per heavy atom. The highest BCUT2D eigenvalue weighted by Gasteiger charge is 2.15. The average molecular weight is 545 g/mol. The fourth-order valence-electron chi connectivity index (χ4n) is 4.29. The van der Waals surface area contributed by atoms with Crippen LogP contribution in [0.2, 0.25) is 0 Å². The lowest BCUT2D eigenvalue weighted by Gasteiger charge is -2.28. The monoisotopic (exact) mass is 544 g/mol. The van der Waals surface area contributed by atoms with Crippen molar-refractivity contribution in [2.75, 3.05) is 22.5 Å². The summed E-state index contributed by atoms with van der Waals surface area (Å²) in [6.07, 6.45) is 3.28. The first-order valence-electron chi connectivity index (χ1n) is 13.2. The molecule has 0 amide bonds. The maximum atomic E-state index is 11.9. The number of nitrogens with one attached hydrogen (secondary N) is 1. The third kappa shape index (κ3) is 8.52. The van der Waals surface area contributed by atoms with Gasteiger partial charge >= 0.3 is 0 Å². The van der Waals surface area contributed by atoms with Crippen LogP contribution in [0.3, 0.4) is 0 Å². The van der Waals surface area contributed by atoms with Crippen LogP contribution in [-0.2, 0) is 23.1 Å². The normalized spacial score (nSPS) is 11.2. The predicted molar refractivity (Wildman–Crippen MR) is 159 cm³/mol. The number of rotatable bonds is 13.